The van der Waals surface area contributed by atoms with Gasteiger partial charge in [0.2, 0.25) is 0 Å². The zero-order chi connectivity index (χ0) is 12.4. The molecule has 0 spiro atoms. The molecule has 0 radical (unpaired) electrons. The van der Waals surface area contributed by atoms with E-state index in [9.17, 15) is 9.59 Å². The molecule has 1 aliphatic rings. The van der Waals surface area contributed by atoms with Crippen LogP contribution in [0.4, 0.5) is 4.79 Å². The van der Waals surface area contributed by atoms with Crippen LogP contribution in [0.5, 0.6) is 0 Å². The number of rotatable bonds is 2. The van der Waals surface area contributed by atoms with Crippen molar-refractivity contribution in [2.24, 2.45) is 5.41 Å². The van der Waals surface area contributed by atoms with Gasteiger partial charge in [0.15, 0.2) is 0 Å². The highest BCUT2D eigenvalue weighted by Crippen LogP contribution is 2.33. The second-order valence-electron chi connectivity index (χ2n) is 5.10. The number of carbonyl (C=O) groups excluding carboxylic acids is 2. The van der Waals surface area contributed by atoms with Crippen molar-refractivity contribution in [3.05, 3.63) is 0 Å². The quantitative estimate of drug-likeness (QED) is 0.663. The maximum Gasteiger partial charge on any atom is 0.410 e. The number of aldehydes is 1. The van der Waals surface area contributed by atoms with Crippen LogP contribution in [0.2, 0.25) is 0 Å². The number of carbonyl (C=O) groups is 2. The first-order valence-electron chi connectivity index (χ1n) is 5.15. The number of ether oxygens (including phenoxy) is 1. The molecule has 1 saturated heterocycles. The monoisotopic (exact) mass is 224 g/mol. The van der Waals surface area contributed by atoms with Crippen molar-refractivity contribution >= 4 is 12.4 Å². The van der Waals surface area contributed by atoms with Gasteiger partial charge in [0.25, 0.3) is 0 Å². The van der Waals surface area contributed by atoms with Crippen LogP contribution in [0.3, 0.4) is 0 Å². The van der Waals surface area contributed by atoms with Crippen LogP contribution in [0.25, 0.3) is 0 Å². The standard InChI is InChI=1S/C11H16N2O3/c1-10(2,3)16-9(15)13-7-11(6-12,8-13)4-5-14/h5H,4,7-8H2,1-3H3. The van der Waals surface area contributed by atoms with Crippen LogP contribution in [-0.4, -0.2) is 36.0 Å². The van der Waals surface area contributed by atoms with Gasteiger partial charge in [0.1, 0.15) is 11.9 Å². The molecular formula is C11H16N2O3. The Kier molecular flexibility index (Phi) is 3.22. The predicted molar refractivity (Wildman–Crippen MR) is 56.5 cm³/mol. The summed E-state index contributed by atoms with van der Waals surface area (Å²) in [5.41, 5.74) is -1.23. The second-order valence-corrected chi connectivity index (χ2v) is 5.10. The van der Waals surface area contributed by atoms with Gasteiger partial charge >= 0.3 is 6.09 Å². The van der Waals surface area contributed by atoms with Gasteiger partial charge in [0, 0.05) is 19.5 Å². The highest BCUT2D eigenvalue weighted by Gasteiger charge is 2.46. The number of nitrogens with zero attached hydrogens (tertiary/aromatic N) is 2. The molecule has 0 bridgehead atoms. The summed E-state index contributed by atoms with van der Waals surface area (Å²) in [6.07, 6.45) is 0.461. The predicted octanol–water partition coefficient (Wildman–Crippen LogP) is 1.34. The minimum absolute atomic E-state index is 0.169. The Labute approximate surface area is 95.0 Å². The van der Waals surface area contributed by atoms with Gasteiger partial charge in [-0.2, -0.15) is 5.26 Å². The van der Waals surface area contributed by atoms with E-state index in [4.69, 9.17) is 10.00 Å². The third kappa shape index (κ3) is 2.72. The van der Waals surface area contributed by atoms with Crippen LogP contribution in [0.1, 0.15) is 27.2 Å². The summed E-state index contributed by atoms with van der Waals surface area (Å²) in [6.45, 7) is 5.91. The largest absolute Gasteiger partial charge is 0.444 e. The van der Waals surface area contributed by atoms with E-state index in [0.717, 1.165) is 6.29 Å². The minimum Gasteiger partial charge on any atom is -0.444 e. The van der Waals surface area contributed by atoms with Crippen molar-refractivity contribution < 1.29 is 14.3 Å². The van der Waals surface area contributed by atoms with Gasteiger partial charge in [-0.25, -0.2) is 4.79 Å². The molecule has 1 fully saturated rings. The molecule has 16 heavy (non-hydrogen) atoms. The first kappa shape index (κ1) is 12.5. The van der Waals surface area contributed by atoms with Gasteiger partial charge in [-0.15, -0.1) is 0 Å². The molecule has 0 atom stereocenters. The summed E-state index contributed by atoms with van der Waals surface area (Å²) in [7, 11) is 0. The van der Waals surface area contributed by atoms with Crippen molar-refractivity contribution in [2.45, 2.75) is 32.8 Å². The Morgan fingerprint density at radius 1 is 1.56 bits per heavy atom. The third-order valence-electron chi connectivity index (χ3n) is 2.35. The highest BCUT2D eigenvalue weighted by atomic mass is 16.6. The van der Waals surface area contributed by atoms with Crippen LogP contribution in [-0.2, 0) is 9.53 Å². The fourth-order valence-corrected chi connectivity index (χ4v) is 1.54. The number of nitriles is 1. The molecular weight excluding hydrogens is 208 g/mol. The van der Waals surface area contributed by atoms with Gasteiger partial charge in [-0.3, -0.25) is 0 Å². The number of amides is 1. The lowest BCUT2D eigenvalue weighted by Gasteiger charge is -2.44. The van der Waals surface area contributed by atoms with E-state index in [1.165, 1.54) is 4.90 Å². The van der Waals surface area contributed by atoms with E-state index in [1.807, 2.05) is 0 Å². The van der Waals surface area contributed by atoms with Gasteiger partial charge in [-0.1, -0.05) is 0 Å². The van der Waals surface area contributed by atoms with E-state index in [0.29, 0.717) is 0 Å². The van der Waals surface area contributed by atoms with E-state index < -0.39 is 17.1 Å². The van der Waals surface area contributed by atoms with Crippen molar-refractivity contribution in [3.63, 3.8) is 0 Å². The average Bonchev–Trinajstić information content (AvgIpc) is 2.07. The zero-order valence-electron chi connectivity index (χ0n) is 9.82. The SMILES string of the molecule is CC(C)(C)OC(=O)N1CC(C#N)(CC=O)C1. The molecule has 0 unspecified atom stereocenters. The van der Waals surface area contributed by atoms with Crippen LogP contribution in [0.15, 0.2) is 0 Å². The van der Waals surface area contributed by atoms with E-state index in [1.54, 1.807) is 20.8 Å². The van der Waals surface area contributed by atoms with E-state index in [-0.39, 0.29) is 19.5 Å². The summed E-state index contributed by atoms with van der Waals surface area (Å²) in [4.78, 5) is 23.4. The van der Waals surface area contributed by atoms with Crippen molar-refractivity contribution in [1.29, 1.82) is 5.26 Å². The smallest absolute Gasteiger partial charge is 0.410 e. The fraction of sp³-hybridized carbons (Fsp3) is 0.727. The first-order chi connectivity index (χ1) is 7.32. The zero-order valence-corrected chi connectivity index (χ0v) is 9.82. The Morgan fingerprint density at radius 2 is 2.12 bits per heavy atom. The van der Waals surface area contributed by atoms with Crippen LogP contribution < -0.4 is 0 Å². The summed E-state index contributed by atoms with van der Waals surface area (Å²) in [5, 5.41) is 8.91. The second kappa shape index (κ2) is 4.12. The summed E-state index contributed by atoms with van der Waals surface area (Å²) in [5.74, 6) is 0. The third-order valence-corrected chi connectivity index (χ3v) is 2.35. The molecule has 0 aromatic carbocycles. The normalized spacial score (nSPS) is 18.2. The van der Waals surface area contributed by atoms with Crippen molar-refractivity contribution in [1.82, 2.24) is 4.90 Å². The maximum absolute atomic E-state index is 11.6. The molecule has 1 aliphatic heterocycles. The van der Waals surface area contributed by atoms with E-state index in [2.05, 4.69) is 6.07 Å². The van der Waals surface area contributed by atoms with Gasteiger partial charge in [-0.05, 0) is 20.8 Å². The Hall–Kier alpha value is -1.57. The van der Waals surface area contributed by atoms with Crippen LogP contribution in [0, 0.1) is 16.7 Å². The summed E-state index contributed by atoms with van der Waals surface area (Å²) >= 11 is 0. The first-order valence-corrected chi connectivity index (χ1v) is 5.15. The Bertz CT molecular complexity index is 332. The summed E-state index contributed by atoms with van der Waals surface area (Å²) < 4.78 is 5.15. The molecule has 1 rings (SSSR count). The lowest BCUT2D eigenvalue weighted by Crippen LogP contribution is -2.58. The van der Waals surface area contributed by atoms with Crippen LogP contribution >= 0.6 is 0 Å². The molecule has 5 heteroatoms. The molecule has 1 heterocycles. The Balaban J connectivity index is 2.49. The molecule has 0 N–H and O–H groups in total. The van der Waals surface area contributed by atoms with Crippen molar-refractivity contribution in [3.8, 4) is 6.07 Å². The molecule has 0 aromatic heterocycles. The average molecular weight is 224 g/mol. The fourth-order valence-electron chi connectivity index (χ4n) is 1.54. The van der Waals surface area contributed by atoms with Crippen molar-refractivity contribution in [2.75, 3.05) is 13.1 Å². The number of hydrogen-bond donors (Lipinski definition) is 0. The lowest BCUT2D eigenvalue weighted by molar-refractivity contribution is -0.111. The molecule has 88 valence electrons. The van der Waals surface area contributed by atoms with Gasteiger partial charge in [0.05, 0.1) is 11.5 Å². The Morgan fingerprint density at radius 3 is 2.50 bits per heavy atom. The topological polar surface area (TPSA) is 70.4 Å². The number of likely N-dealkylation sites (tertiary alicyclic amines) is 1. The minimum atomic E-state index is -0.696. The lowest BCUT2D eigenvalue weighted by atomic mass is 9.79. The van der Waals surface area contributed by atoms with Gasteiger partial charge < -0.3 is 14.4 Å². The molecule has 0 saturated carbocycles. The summed E-state index contributed by atoms with van der Waals surface area (Å²) in [6, 6.07) is 2.08. The number of hydrogen-bond acceptors (Lipinski definition) is 4. The highest BCUT2D eigenvalue weighted by molar-refractivity contribution is 5.70. The molecule has 5 nitrogen and oxygen atoms in total. The maximum atomic E-state index is 11.6. The molecule has 0 aliphatic carbocycles. The molecule has 1 amide bonds. The van der Waals surface area contributed by atoms with E-state index >= 15 is 0 Å². The molecule has 0 aromatic rings.